The molecular formula is C13H15N3O2. The van der Waals surface area contributed by atoms with Crippen LogP contribution in [-0.2, 0) is 10.2 Å². The monoisotopic (exact) mass is 245 g/mol. The molecule has 0 unspecified atom stereocenters. The van der Waals surface area contributed by atoms with Crippen LogP contribution in [-0.4, -0.2) is 16.9 Å². The van der Waals surface area contributed by atoms with Crippen molar-refractivity contribution in [3.05, 3.63) is 35.3 Å². The molecule has 1 fully saturated rings. The number of carbonyl (C=O) groups is 2. The highest BCUT2D eigenvalue weighted by molar-refractivity contribution is 6.13. The Kier molecular flexibility index (Phi) is 2.90. The van der Waals surface area contributed by atoms with Crippen LogP contribution in [0, 0.1) is 0 Å². The van der Waals surface area contributed by atoms with Crippen LogP contribution in [0.2, 0.25) is 0 Å². The molecule has 0 saturated carbocycles. The van der Waals surface area contributed by atoms with Gasteiger partial charge in [-0.1, -0.05) is 26.8 Å². The molecule has 1 aliphatic heterocycles. The van der Waals surface area contributed by atoms with Gasteiger partial charge < -0.3 is 5.32 Å². The topological polar surface area (TPSA) is 71.1 Å². The van der Waals surface area contributed by atoms with Crippen LogP contribution in [0.25, 0.3) is 6.08 Å². The summed E-state index contributed by atoms with van der Waals surface area (Å²) in [4.78, 5) is 26.6. The van der Waals surface area contributed by atoms with Gasteiger partial charge in [0.05, 0.1) is 0 Å². The van der Waals surface area contributed by atoms with Gasteiger partial charge in [0.1, 0.15) is 5.70 Å². The third-order valence-corrected chi connectivity index (χ3v) is 2.59. The maximum atomic E-state index is 11.3. The zero-order valence-corrected chi connectivity index (χ0v) is 10.6. The zero-order valence-electron chi connectivity index (χ0n) is 10.6. The number of hydrogen-bond acceptors (Lipinski definition) is 3. The van der Waals surface area contributed by atoms with Crippen LogP contribution in [0.4, 0.5) is 4.79 Å². The molecule has 1 aromatic heterocycles. The number of amides is 3. The fourth-order valence-corrected chi connectivity index (χ4v) is 1.58. The van der Waals surface area contributed by atoms with Gasteiger partial charge in [0.2, 0.25) is 0 Å². The average molecular weight is 245 g/mol. The number of rotatable bonds is 1. The molecule has 2 heterocycles. The van der Waals surface area contributed by atoms with Crippen LogP contribution in [0.15, 0.2) is 24.0 Å². The van der Waals surface area contributed by atoms with Gasteiger partial charge in [0, 0.05) is 17.3 Å². The highest BCUT2D eigenvalue weighted by Crippen LogP contribution is 2.20. The fraction of sp³-hybridized carbons (Fsp3) is 0.308. The van der Waals surface area contributed by atoms with Crippen LogP contribution in [0.3, 0.4) is 0 Å². The molecule has 5 nitrogen and oxygen atoms in total. The summed E-state index contributed by atoms with van der Waals surface area (Å²) >= 11 is 0. The van der Waals surface area contributed by atoms with Gasteiger partial charge >= 0.3 is 6.03 Å². The number of urea groups is 1. The van der Waals surface area contributed by atoms with Crippen molar-refractivity contribution in [1.29, 1.82) is 0 Å². The molecule has 0 aliphatic carbocycles. The minimum atomic E-state index is -0.495. The first-order valence-corrected chi connectivity index (χ1v) is 5.67. The third-order valence-electron chi connectivity index (χ3n) is 2.59. The van der Waals surface area contributed by atoms with Gasteiger partial charge in [-0.15, -0.1) is 0 Å². The van der Waals surface area contributed by atoms with E-state index in [-0.39, 0.29) is 11.1 Å². The summed E-state index contributed by atoms with van der Waals surface area (Å²) in [5.41, 5.74) is 1.98. The van der Waals surface area contributed by atoms with Gasteiger partial charge in [-0.3, -0.25) is 15.1 Å². The lowest BCUT2D eigenvalue weighted by Crippen LogP contribution is -2.22. The maximum absolute atomic E-state index is 11.3. The van der Waals surface area contributed by atoms with E-state index in [1.807, 2.05) is 12.1 Å². The number of aromatic nitrogens is 1. The van der Waals surface area contributed by atoms with E-state index < -0.39 is 11.9 Å². The number of imide groups is 1. The average Bonchev–Trinajstić information content (AvgIpc) is 2.57. The smallest absolute Gasteiger partial charge is 0.303 e. The number of carbonyl (C=O) groups excluding carboxylic acids is 2. The van der Waals surface area contributed by atoms with Crippen molar-refractivity contribution in [3.8, 4) is 0 Å². The van der Waals surface area contributed by atoms with Crippen LogP contribution in [0.5, 0.6) is 0 Å². The van der Waals surface area contributed by atoms with Crippen molar-refractivity contribution in [2.45, 2.75) is 26.2 Å². The minimum Gasteiger partial charge on any atom is -0.303 e. The van der Waals surface area contributed by atoms with Crippen molar-refractivity contribution < 1.29 is 9.59 Å². The molecule has 1 aromatic rings. The van der Waals surface area contributed by atoms with Gasteiger partial charge in [-0.2, -0.15) is 0 Å². The molecule has 2 rings (SSSR count). The first-order chi connectivity index (χ1) is 8.36. The first-order valence-electron chi connectivity index (χ1n) is 5.67. The Labute approximate surface area is 105 Å². The van der Waals surface area contributed by atoms with Gasteiger partial charge in [0.15, 0.2) is 0 Å². The van der Waals surface area contributed by atoms with Crippen molar-refractivity contribution in [2.24, 2.45) is 0 Å². The second kappa shape index (κ2) is 4.25. The highest BCUT2D eigenvalue weighted by atomic mass is 16.2. The second-order valence-corrected chi connectivity index (χ2v) is 5.19. The Morgan fingerprint density at radius 2 is 1.89 bits per heavy atom. The molecule has 2 N–H and O–H groups in total. The van der Waals surface area contributed by atoms with E-state index in [2.05, 4.69) is 36.4 Å². The number of nitrogens with zero attached hydrogens (tertiary/aromatic N) is 1. The molecule has 3 amide bonds. The molecule has 5 heteroatoms. The Hall–Kier alpha value is -2.17. The predicted octanol–water partition coefficient (Wildman–Crippen LogP) is 1.56. The van der Waals surface area contributed by atoms with E-state index in [1.54, 1.807) is 12.3 Å². The minimum absolute atomic E-state index is 0.00930. The molecule has 0 atom stereocenters. The van der Waals surface area contributed by atoms with E-state index in [0.717, 1.165) is 11.3 Å². The SMILES string of the molecule is CC(C)(C)c1ccc(/C=C2\NC(=O)NC2=O)cn1. The summed E-state index contributed by atoms with van der Waals surface area (Å²) in [6, 6.07) is 3.30. The third kappa shape index (κ3) is 2.56. The lowest BCUT2D eigenvalue weighted by atomic mass is 9.91. The lowest BCUT2D eigenvalue weighted by Gasteiger charge is -2.17. The number of pyridine rings is 1. The fourth-order valence-electron chi connectivity index (χ4n) is 1.58. The summed E-state index contributed by atoms with van der Waals surface area (Å²) in [6.07, 6.45) is 3.28. The maximum Gasteiger partial charge on any atom is 0.326 e. The highest BCUT2D eigenvalue weighted by Gasteiger charge is 2.22. The largest absolute Gasteiger partial charge is 0.326 e. The van der Waals surface area contributed by atoms with E-state index in [4.69, 9.17) is 0 Å². The van der Waals surface area contributed by atoms with Crippen LogP contribution >= 0.6 is 0 Å². The summed E-state index contributed by atoms with van der Waals surface area (Å²) in [5.74, 6) is -0.417. The normalized spacial score (nSPS) is 17.8. The Bertz CT molecular complexity index is 524. The second-order valence-electron chi connectivity index (χ2n) is 5.19. The molecule has 94 valence electrons. The van der Waals surface area contributed by atoms with Crippen LogP contribution in [0.1, 0.15) is 32.0 Å². The molecule has 1 saturated heterocycles. The van der Waals surface area contributed by atoms with Crippen molar-refractivity contribution >= 4 is 18.0 Å². The quantitative estimate of drug-likeness (QED) is 0.582. The van der Waals surface area contributed by atoms with Gasteiger partial charge in [0.25, 0.3) is 5.91 Å². The van der Waals surface area contributed by atoms with E-state index >= 15 is 0 Å². The summed E-state index contributed by atoms with van der Waals surface area (Å²) < 4.78 is 0. The molecular weight excluding hydrogens is 230 g/mol. The van der Waals surface area contributed by atoms with E-state index in [1.165, 1.54) is 0 Å². The van der Waals surface area contributed by atoms with Gasteiger partial charge in [-0.05, 0) is 17.7 Å². The lowest BCUT2D eigenvalue weighted by molar-refractivity contribution is -0.115. The zero-order chi connectivity index (χ0) is 13.3. The number of hydrogen-bond donors (Lipinski definition) is 2. The molecule has 0 aromatic carbocycles. The van der Waals surface area contributed by atoms with Gasteiger partial charge in [-0.25, -0.2) is 4.79 Å². The van der Waals surface area contributed by atoms with Crippen LogP contribution < -0.4 is 10.6 Å². The van der Waals surface area contributed by atoms with Crippen molar-refractivity contribution in [1.82, 2.24) is 15.6 Å². The molecule has 0 bridgehead atoms. The Morgan fingerprint density at radius 1 is 1.17 bits per heavy atom. The first kappa shape index (κ1) is 12.3. The summed E-state index contributed by atoms with van der Waals surface area (Å²) in [7, 11) is 0. The Balaban J connectivity index is 2.24. The summed E-state index contributed by atoms with van der Waals surface area (Å²) in [6.45, 7) is 6.24. The predicted molar refractivity (Wildman–Crippen MR) is 67.6 cm³/mol. The van der Waals surface area contributed by atoms with Crippen molar-refractivity contribution in [2.75, 3.05) is 0 Å². The van der Waals surface area contributed by atoms with E-state index in [9.17, 15) is 9.59 Å². The molecule has 1 aliphatic rings. The molecule has 18 heavy (non-hydrogen) atoms. The standard InChI is InChI=1S/C13H15N3O2/c1-13(2,3)10-5-4-8(7-14-10)6-9-11(17)16-12(18)15-9/h4-7H,1-3H3,(H2,15,16,17,18)/b9-6-. The molecule has 0 spiro atoms. The van der Waals surface area contributed by atoms with E-state index in [0.29, 0.717) is 0 Å². The van der Waals surface area contributed by atoms with Crippen molar-refractivity contribution in [3.63, 3.8) is 0 Å². The molecule has 0 radical (unpaired) electrons. The number of nitrogens with one attached hydrogen (secondary N) is 2. The summed E-state index contributed by atoms with van der Waals surface area (Å²) in [5, 5.41) is 4.58. The Morgan fingerprint density at radius 3 is 2.33 bits per heavy atom.